The van der Waals surface area contributed by atoms with Gasteiger partial charge < -0.3 is 14.7 Å². The van der Waals surface area contributed by atoms with E-state index in [1.165, 1.54) is 10.1 Å². The van der Waals surface area contributed by atoms with Gasteiger partial charge in [-0.1, -0.05) is 47.1 Å². The van der Waals surface area contributed by atoms with Gasteiger partial charge in [-0.2, -0.15) is 4.37 Å². The topological polar surface area (TPSA) is 135 Å². The minimum atomic E-state index is -3.56. The molecule has 0 spiro atoms. The van der Waals surface area contributed by atoms with Crippen LogP contribution in [-0.4, -0.2) is 61.5 Å². The first-order chi connectivity index (χ1) is 20.2. The summed E-state index contributed by atoms with van der Waals surface area (Å²) < 4.78 is 32.5. The molecule has 42 heavy (non-hydrogen) atoms. The molecule has 1 saturated heterocycles. The number of carbonyl (C=O) groups excluding carboxylic acids is 1. The number of amides is 1. The standard InChI is InChI=1S/C21H21ClN4OS.C8H8N2O3S/c22-17-13-18-15(12-20(27)23-18)11-14(17)5-6-25-7-9-26(10-8-25)21-16-3-1-2-4-19(16)28-24-21;9-14(11,12)5-7-6-3-1-2-4-8(6)13-10-7/h1-4,11,13H,5-10,12H2,(H,23,27);1-4H,5H2,(H2,9,11,12). The number of hydrogen-bond acceptors (Lipinski definition) is 9. The molecular formula is C29H29ClN6O4S2. The van der Waals surface area contributed by atoms with E-state index < -0.39 is 10.0 Å². The number of halogens is 1. The Morgan fingerprint density at radius 1 is 1.02 bits per heavy atom. The highest BCUT2D eigenvalue weighted by Gasteiger charge is 2.22. The molecule has 1 amide bonds. The molecule has 4 heterocycles. The van der Waals surface area contributed by atoms with Crippen molar-refractivity contribution < 1.29 is 17.7 Å². The minimum Gasteiger partial charge on any atom is -0.356 e. The van der Waals surface area contributed by atoms with Gasteiger partial charge in [0.05, 0.1) is 11.1 Å². The van der Waals surface area contributed by atoms with Gasteiger partial charge in [-0.25, -0.2) is 13.6 Å². The van der Waals surface area contributed by atoms with Crippen molar-refractivity contribution in [1.82, 2.24) is 14.4 Å². The summed E-state index contributed by atoms with van der Waals surface area (Å²) in [6.07, 6.45) is 1.36. The van der Waals surface area contributed by atoms with Crippen molar-refractivity contribution in [1.29, 1.82) is 0 Å². The van der Waals surface area contributed by atoms with Gasteiger partial charge in [0.2, 0.25) is 15.9 Å². The van der Waals surface area contributed by atoms with E-state index in [9.17, 15) is 13.2 Å². The van der Waals surface area contributed by atoms with Crippen LogP contribution >= 0.6 is 23.1 Å². The maximum Gasteiger partial charge on any atom is 0.228 e. The van der Waals surface area contributed by atoms with Crippen LogP contribution in [0.5, 0.6) is 0 Å². The second-order valence-corrected chi connectivity index (χ2v) is 13.2. The lowest BCUT2D eigenvalue weighted by atomic mass is 10.1. The van der Waals surface area contributed by atoms with E-state index in [0.717, 1.165) is 66.8 Å². The molecule has 0 saturated carbocycles. The number of aromatic nitrogens is 2. The Morgan fingerprint density at radius 2 is 1.76 bits per heavy atom. The first kappa shape index (κ1) is 28.6. The fraction of sp³-hybridized carbons (Fsp3) is 0.276. The SMILES string of the molecule is NS(=O)(=O)Cc1noc2ccccc12.O=C1Cc2cc(CCN3CCN(c4nsc5ccccc45)CC3)c(Cl)cc2N1. The Hall–Kier alpha value is -3.55. The monoisotopic (exact) mass is 624 g/mol. The maximum atomic E-state index is 11.6. The van der Waals surface area contributed by atoms with E-state index in [1.54, 1.807) is 35.8 Å². The molecular weight excluding hydrogens is 596 g/mol. The third kappa shape index (κ3) is 6.42. The van der Waals surface area contributed by atoms with Crippen LogP contribution in [0.25, 0.3) is 21.1 Å². The zero-order valence-corrected chi connectivity index (χ0v) is 25.0. The van der Waals surface area contributed by atoms with Crippen molar-refractivity contribution in [2.75, 3.05) is 42.9 Å². The molecule has 2 aliphatic rings. The minimum absolute atomic E-state index is 0.0499. The summed E-state index contributed by atoms with van der Waals surface area (Å²) in [7, 11) is -3.56. The molecule has 1 fully saturated rings. The smallest absolute Gasteiger partial charge is 0.228 e. The molecule has 0 bridgehead atoms. The average molecular weight is 625 g/mol. The normalized spacial score (nSPS) is 15.5. The summed E-state index contributed by atoms with van der Waals surface area (Å²) in [5.74, 6) is 0.872. The predicted octanol–water partition coefficient (Wildman–Crippen LogP) is 4.43. The van der Waals surface area contributed by atoms with Gasteiger partial charge in [-0.15, -0.1) is 0 Å². The Bertz CT molecular complexity index is 1860. The van der Waals surface area contributed by atoms with Crippen LogP contribution in [0.1, 0.15) is 16.8 Å². The van der Waals surface area contributed by atoms with Gasteiger partial charge in [0.15, 0.2) is 5.58 Å². The van der Waals surface area contributed by atoms with Crippen molar-refractivity contribution >= 4 is 71.6 Å². The van der Waals surface area contributed by atoms with Gasteiger partial charge in [0.25, 0.3) is 0 Å². The van der Waals surface area contributed by atoms with Crippen LogP contribution < -0.4 is 15.4 Å². The third-order valence-corrected chi connectivity index (χ3v) is 9.26. The number of nitrogens with two attached hydrogens (primary N) is 1. The lowest BCUT2D eigenvalue weighted by Crippen LogP contribution is -2.47. The summed E-state index contributed by atoms with van der Waals surface area (Å²) in [6, 6.07) is 19.5. The molecule has 3 aromatic carbocycles. The number of nitrogens with zero attached hydrogens (tertiary/aromatic N) is 4. The zero-order valence-electron chi connectivity index (χ0n) is 22.6. The molecule has 2 aromatic heterocycles. The molecule has 218 valence electrons. The van der Waals surface area contributed by atoms with E-state index >= 15 is 0 Å². The van der Waals surface area contributed by atoms with E-state index in [4.69, 9.17) is 21.3 Å². The molecule has 2 aliphatic heterocycles. The molecule has 13 heteroatoms. The zero-order chi connectivity index (χ0) is 29.3. The Labute approximate surface area is 252 Å². The molecule has 5 aromatic rings. The van der Waals surface area contributed by atoms with Crippen molar-refractivity contribution in [2.24, 2.45) is 5.14 Å². The number of nitrogens with one attached hydrogen (secondary N) is 1. The highest BCUT2D eigenvalue weighted by atomic mass is 35.5. The van der Waals surface area contributed by atoms with Crippen molar-refractivity contribution in [3.05, 3.63) is 82.5 Å². The summed E-state index contributed by atoms with van der Waals surface area (Å²) in [5.41, 5.74) is 3.96. The lowest BCUT2D eigenvalue weighted by Gasteiger charge is -2.35. The maximum absolute atomic E-state index is 11.6. The van der Waals surface area contributed by atoms with Crippen LogP contribution in [-0.2, 0) is 33.4 Å². The molecule has 0 atom stereocenters. The number of para-hydroxylation sites is 1. The van der Waals surface area contributed by atoms with E-state index in [1.807, 2.05) is 6.07 Å². The van der Waals surface area contributed by atoms with Gasteiger partial charge in [-0.3, -0.25) is 9.69 Å². The Kier molecular flexibility index (Phi) is 8.15. The molecule has 0 aliphatic carbocycles. The van der Waals surface area contributed by atoms with Gasteiger partial charge in [0.1, 0.15) is 17.3 Å². The predicted molar refractivity (Wildman–Crippen MR) is 167 cm³/mol. The Balaban J connectivity index is 0.000000189. The number of anilines is 2. The average Bonchev–Trinajstić information content (AvgIpc) is 3.68. The van der Waals surface area contributed by atoms with Crippen molar-refractivity contribution in [3.63, 3.8) is 0 Å². The fourth-order valence-corrected chi connectivity index (χ4v) is 6.93. The number of fused-ring (bicyclic) bond motifs is 3. The van der Waals surface area contributed by atoms with Crippen LogP contribution in [0.15, 0.2) is 65.2 Å². The number of rotatable bonds is 6. The molecule has 10 nitrogen and oxygen atoms in total. The van der Waals surface area contributed by atoms with Crippen molar-refractivity contribution in [2.45, 2.75) is 18.6 Å². The first-order valence-corrected chi connectivity index (χ1v) is 16.4. The summed E-state index contributed by atoms with van der Waals surface area (Å²) in [6.45, 7) is 5.00. The van der Waals surface area contributed by atoms with Crippen LogP contribution in [0.3, 0.4) is 0 Å². The second-order valence-electron chi connectivity index (χ2n) is 10.3. The number of sulfonamides is 1. The van der Waals surface area contributed by atoms with E-state index in [2.05, 4.69) is 55.0 Å². The summed E-state index contributed by atoms with van der Waals surface area (Å²) in [4.78, 5) is 16.4. The molecule has 0 radical (unpaired) electrons. The number of carbonyl (C=O) groups is 1. The number of primary sulfonamides is 1. The number of benzene rings is 3. The third-order valence-electron chi connectivity index (χ3n) is 7.42. The highest BCUT2D eigenvalue weighted by molar-refractivity contribution is 7.88. The van der Waals surface area contributed by atoms with Gasteiger partial charge >= 0.3 is 0 Å². The van der Waals surface area contributed by atoms with E-state index in [0.29, 0.717) is 23.1 Å². The van der Waals surface area contributed by atoms with Gasteiger partial charge in [-0.05, 0) is 59.4 Å². The molecule has 3 N–H and O–H groups in total. The fourth-order valence-electron chi connectivity index (χ4n) is 5.29. The highest BCUT2D eigenvalue weighted by Crippen LogP contribution is 2.31. The quantitative estimate of drug-likeness (QED) is 0.283. The first-order valence-electron chi connectivity index (χ1n) is 13.5. The lowest BCUT2D eigenvalue weighted by molar-refractivity contribution is -0.115. The number of piperazine rings is 1. The Morgan fingerprint density at radius 3 is 2.55 bits per heavy atom. The van der Waals surface area contributed by atoms with Crippen LogP contribution in [0.2, 0.25) is 5.02 Å². The summed E-state index contributed by atoms with van der Waals surface area (Å²) in [5, 5.41) is 14.1. The van der Waals surface area contributed by atoms with Gasteiger partial charge in [0, 0.05) is 54.2 Å². The largest absolute Gasteiger partial charge is 0.356 e. The van der Waals surface area contributed by atoms with E-state index in [-0.39, 0.29) is 11.7 Å². The van der Waals surface area contributed by atoms with Crippen molar-refractivity contribution in [3.8, 4) is 0 Å². The molecule has 7 rings (SSSR count). The summed E-state index contributed by atoms with van der Waals surface area (Å²) >= 11 is 8.01. The molecule has 0 unspecified atom stereocenters. The number of hydrogen-bond donors (Lipinski definition) is 2. The van der Waals surface area contributed by atoms with Crippen LogP contribution in [0, 0.1) is 0 Å². The second kappa shape index (κ2) is 12.0. The van der Waals surface area contributed by atoms with Crippen LogP contribution in [0.4, 0.5) is 11.5 Å².